The summed E-state index contributed by atoms with van der Waals surface area (Å²) in [6, 6.07) is 9.89. The van der Waals surface area contributed by atoms with Crippen molar-refractivity contribution in [1.82, 2.24) is 4.98 Å². The lowest BCUT2D eigenvalue weighted by Gasteiger charge is -2.06. The summed E-state index contributed by atoms with van der Waals surface area (Å²) in [4.78, 5) is 15.8. The maximum absolute atomic E-state index is 13.6. The molecule has 1 heterocycles. The number of hydrogen-bond acceptors (Lipinski definition) is 4. The van der Waals surface area contributed by atoms with Crippen LogP contribution in [0, 0.1) is 17.1 Å². The van der Waals surface area contributed by atoms with Crippen LogP contribution in [0.3, 0.4) is 0 Å². The third-order valence-corrected chi connectivity index (χ3v) is 3.25. The van der Waals surface area contributed by atoms with Gasteiger partial charge in [-0.1, -0.05) is 6.07 Å². The van der Waals surface area contributed by atoms with E-state index < -0.39 is 5.82 Å². The van der Waals surface area contributed by atoms with Crippen molar-refractivity contribution in [2.24, 2.45) is 0 Å². The van der Waals surface area contributed by atoms with Gasteiger partial charge in [-0.05, 0) is 42.7 Å². The van der Waals surface area contributed by atoms with Crippen molar-refractivity contribution in [3.8, 4) is 11.8 Å². The number of ether oxygens (including phenoxy) is 1. The lowest BCUT2D eigenvalue weighted by molar-refractivity contribution is -0.116. The van der Waals surface area contributed by atoms with Crippen LogP contribution in [0.4, 0.5) is 10.2 Å². The third-order valence-electron chi connectivity index (χ3n) is 3.25. The lowest BCUT2D eigenvalue weighted by Crippen LogP contribution is -2.12. The van der Waals surface area contributed by atoms with Gasteiger partial charge in [-0.15, -0.1) is 0 Å². The van der Waals surface area contributed by atoms with E-state index in [4.69, 9.17) is 10.00 Å². The van der Waals surface area contributed by atoms with Gasteiger partial charge >= 0.3 is 0 Å². The molecule has 0 spiro atoms. The van der Waals surface area contributed by atoms with Crippen molar-refractivity contribution in [3.05, 3.63) is 53.5 Å². The predicted octanol–water partition coefficient (Wildman–Crippen LogP) is 3.06. The Kier molecular flexibility index (Phi) is 5.64. The fourth-order valence-corrected chi connectivity index (χ4v) is 2.06. The summed E-state index contributed by atoms with van der Waals surface area (Å²) < 4.78 is 18.4. The number of anilines is 1. The minimum atomic E-state index is -0.406. The van der Waals surface area contributed by atoms with Gasteiger partial charge in [-0.25, -0.2) is 9.37 Å². The first-order valence-electron chi connectivity index (χ1n) is 7.11. The number of aryl methyl sites for hydroxylation is 1. The average Bonchev–Trinajstić information content (AvgIpc) is 2.56. The summed E-state index contributed by atoms with van der Waals surface area (Å²) in [5.74, 6) is 0.0373. The SMILES string of the molecule is COc1ccc(CCCC(=O)Nc2ccc(C#N)cn2)cc1F. The summed E-state index contributed by atoms with van der Waals surface area (Å²) in [5, 5.41) is 11.3. The highest BCUT2D eigenvalue weighted by atomic mass is 19.1. The Morgan fingerprint density at radius 3 is 2.83 bits per heavy atom. The molecule has 1 aromatic carbocycles. The quantitative estimate of drug-likeness (QED) is 0.889. The van der Waals surface area contributed by atoms with E-state index in [1.54, 1.807) is 24.3 Å². The summed E-state index contributed by atoms with van der Waals surface area (Å²) in [7, 11) is 1.42. The second-order valence-electron chi connectivity index (χ2n) is 4.91. The molecule has 0 radical (unpaired) electrons. The molecule has 5 nitrogen and oxygen atoms in total. The van der Waals surface area contributed by atoms with E-state index in [1.807, 2.05) is 6.07 Å². The van der Waals surface area contributed by atoms with Gasteiger partial charge in [0, 0.05) is 12.6 Å². The first kappa shape index (κ1) is 16.4. The van der Waals surface area contributed by atoms with E-state index in [-0.39, 0.29) is 11.7 Å². The topological polar surface area (TPSA) is 75.0 Å². The van der Waals surface area contributed by atoms with Gasteiger partial charge in [0.05, 0.1) is 12.7 Å². The van der Waals surface area contributed by atoms with E-state index >= 15 is 0 Å². The van der Waals surface area contributed by atoms with Crippen LogP contribution in [0.1, 0.15) is 24.0 Å². The number of rotatable bonds is 6. The molecule has 1 aromatic heterocycles. The Labute approximate surface area is 133 Å². The number of nitriles is 1. The number of carbonyl (C=O) groups excluding carboxylic acids is 1. The van der Waals surface area contributed by atoms with E-state index in [2.05, 4.69) is 10.3 Å². The fraction of sp³-hybridized carbons (Fsp3) is 0.235. The minimum Gasteiger partial charge on any atom is -0.494 e. The molecule has 2 rings (SSSR count). The molecule has 0 saturated heterocycles. The molecule has 0 bridgehead atoms. The molecule has 0 aliphatic heterocycles. The maximum atomic E-state index is 13.6. The van der Waals surface area contributed by atoms with Crippen molar-refractivity contribution in [2.45, 2.75) is 19.3 Å². The van der Waals surface area contributed by atoms with Crippen molar-refractivity contribution in [2.75, 3.05) is 12.4 Å². The molecule has 1 amide bonds. The molecule has 2 aromatic rings. The predicted molar refractivity (Wildman–Crippen MR) is 83.5 cm³/mol. The zero-order valence-corrected chi connectivity index (χ0v) is 12.7. The van der Waals surface area contributed by atoms with Gasteiger partial charge in [0.25, 0.3) is 0 Å². The Balaban J connectivity index is 1.80. The summed E-state index contributed by atoms with van der Waals surface area (Å²) in [6.45, 7) is 0. The zero-order valence-electron chi connectivity index (χ0n) is 12.7. The Morgan fingerprint density at radius 1 is 1.39 bits per heavy atom. The summed E-state index contributed by atoms with van der Waals surface area (Å²) in [5.41, 5.74) is 1.25. The standard InChI is InChI=1S/C17H16FN3O2/c1-23-15-7-5-12(9-14(15)18)3-2-4-17(22)21-16-8-6-13(10-19)11-20-16/h5-9,11H,2-4H2,1H3,(H,20,21,22). The molecule has 23 heavy (non-hydrogen) atoms. The first-order valence-corrected chi connectivity index (χ1v) is 7.11. The molecule has 118 valence electrons. The van der Waals surface area contributed by atoms with Crippen molar-refractivity contribution >= 4 is 11.7 Å². The Hall–Kier alpha value is -2.94. The number of hydrogen-bond donors (Lipinski definition) is 1. The number of amides is 1. The van der Waals surface area contributed by atoms with Crippen molar-refractivity contribution < 1.29 is 13.9 Å². The number of pyridine rings is 1. The number of nitrogens with zero attached hydrogens (tertiary/aromatic N) is 2. The Bertz CT molecular complexity index is 724. The zero-order chi connectivity index (χ0) is 16.7. The second-order valence-corrected chi connectivity index (χ2v) is 4.91. The molecule has 0 saturated carbocycles. The smallest absolute Gasteiger partial charge is 0.225 e. The van der Waals surface area contributed by atoms with Crippen LogP contribution in [0.25, 0.3) is 0 Å². The van der Waals surface area contributed by atoms with Crippen LogP contribution in [0.2, 0.25) is 0 Å². The molecule has 0 aliphatic carbocycles. The highest BCUT2D eigenvalue weighted by Gasteiger charge is 2.06. The number of halogens is 1. The molecule has 6 heteroatoms. The molecular formula is C17H16FN3O2. The first-order chi connectivity index (χ1) is 11.1. The fourth-order valence-electron chi connectivity index (χ4n) is 2.06. The molecule has 0 unspecified atom stereocenters. The van der Waals surface area contributed by atoms with Gasteiger partial charge in [-0.2, -0.15) is 5.26 Å². The van der Waals surface area contributed by atoms with E-state index in [9.17, 15) is 9.18 Å². The minimum absolute atomic E-state index is 0.170. The number of methoxy groups -OCH3 is 1. The maximum Gasteiger partial charge on any atom is 0.225 e. The van der Waals surface area contributed by atoms with Gasteiger partial charge in [-0.3, -0.25) is 4.79 Å². The molecule has 1 N–H and O–H groups in total. The largest absolute Gasteiger partial charge is 0.494 e. The van der Waals surface area contributed by atoms with E-state index in [1.165, 1.54) is 19.4 Å². The van der Waals surface area contributed by atoms with Crippen molar-refractivity contribution in [3.63, 3.8) is 0 Å². The molecular weight excluding hydrogens is 297 g/mol. The van der Waals surface area contributed by atoms with Crippen LogP contribution >= 0.6 is 0 Å². The highest BCUT2D eigenvalue weighted by Crippen LogP contribution is 2.18. The van der Waals surface area contributed by atoms with Crippen LogP contribution in [-0.4, -0.2) is 18.0 Å². The molecule has 0 aliphatic rings. The van der Waals surface area contributed by atoms with Crippen LogP contribution in [-0.2, 0) is 11.2 Å². The van der Waals surface area contributed by atoms with Gasteiger partial charge in [0.1, 0.15) is 11.9 Å². The van der Waals surface area contributed by atoms with Crippen LogP contribution < -0.4 is 10.1 Å². The number of aromatic nitrogens is 1. The van der Waals surface area contributed by atoms with E-state index in [0.717, 1.165) is 5.56 Å². The molecule has 0 atom stereocenters. The van der Waals surface area contributed by atoms with Gasteiger partial charge < -0.3 is 10.1 Å². The molecule has 0 fully saturated rings. The number of nitrogens with one attached hydrogen (secondary N) is 1. The highest BCUT2D eigenvalue weighted by molar-refractivity contribution is 5.89. The summed E-state index contributed by atoms with van der Waals surface area (Å²) >= 11 is 0. The van der Waals surface area contributed by atoms with E-state index in [0.29, 0.717) is 30.6 Å². The number of carbonyl (C=O) groups is 1. The normalized spacial score (nSPS) is 9.96. The average molecular weight is 313 g/mol. The van der Waals surface area contributed by atoms with Crippen LogP contribution in [0.5, 0.6) is 5.75 Å². The van der Waals surface area contributed by atoms with Gasteiger partial charge in [0.2, 0.25) is 5.91 Å². The monoisotopic (exact) mass is 313 g/mol. The lowest BCUT2D eigenvalue weighted by atomic mass is 10.1. The number of benzene rings is 1. The second kappa shape index (κ2) is 7.90. The third kappa shape index (κ3) is 4.78. The Morgan fingerprint density at radius 2 is 2.22 bits per heavy atom. The van der Waals surface area contributed by atoms with Crippen molar-refractivity contribution in [1.29, 1.82) is 5.26 Å². The summed E-state index contributed by atoms with van der Waals surface area (Å²) in [6.07, 6.45) is 2.88. The van der Waals surface area contributed by atoms with Crippen LogP contribution in [0.15, 0.2) is 36.5 Å². The van der Waals surface area contributed by atoms with Gasteiger partial charge in [0.15, 0.2) is 11.6 Å².